The van der Waals surface area contributed by atoms with E-state index in [4.69, 9.17) is 15.2 Å². The second-order valence-electron chi connectivity index (χ2n) is 4.45. The summed E-state index contributed by atoms with van der Waals surface area (Å²) in [6.45, 7) is 0.925. The molecular formula is C18H19NO2. The summed E-state index contributed by atoms with van der Waals surface area (Å²) in [6.07, 6.45) is 0.858. The monoisotopic (exact) mass is 281 g/mol. The van der Waals surface area contributed by atoms with Gasteiger partial charge >= 0.3 is 0 Å². The van der Waals surface area contributed by atoms with E-state index in [0.29, 0.717) is 13.2 Å². The quantitative estimate of drug-likeness (QED) is 0.857. The third-order valence-corrected chi connectivity index (χ3v) is 3.00. The maximum absolute atomic E-state index is 5.84. The Kier molecular flexibility index (Phi) is 5.69. The zero-order valence-corrected chi connectivity index (χ0v) is 12.1. The highest BCUT2D eigenvalue weighted by molar-refractivity contribution is 5.50. The van der Waals surface area contributed by atoms with Crippen LogP contribution in [-0.2, 0) is 6.42 Å². The lowest BCUT2D eigenvalue weighted by Crippen LogP contribution is -2.03. The van der Waals surface area contributed by atoms with Crippen LogP contribution < -0.4 is 15.2 Å². The zero-order chi connectivity index (χ0) is 14.9. The van der Waals surface area contributed by atoms with Gasteiger partial charge < -0.3 is 15.2 Å². The first-order valence-electron chi connectivity index (χ1n) is 6.87. The van der Waals surface area contributed by atoms with Gasteiger partial charge in [-0.2, -0.15) is 0 Å². The summed E-state index contributed by atoms with van der Waals surface area (Å²) in [4.78, 5) is 0. The number of rotatable bonds is 5. The van der Waals surface area contributed by atoms with Crippen molar-refractivity contribution in [2.24, 2.45) is 5.73 Å². The summed E-state index contributed by atoms with van der Waals surface area (Å²) in [5, 5.41) is 0. The maximum atomic E-state index is 5.84. The predicted octanol–water partition coefficient (Wildman–Crippen LogP) is 2.63. The number of ether oxygens (including phenoxy) is 2. The topological polar surface area (TPSA) is 44.5 Å². The number of hydrogen-bond acceptors (Lipinski definition) is 3. The van der Waals surface area contributed by atoms with Crippen molar-refractivity contribution in [2.45, 2.75) is 6.42 Å². The highest BCUT2D eigenvalue weighted by Crippen LogP contribution is 2.23. The van der Waals surface area contributed by atoms with E-state index in [1.807, 2.05) is 36.4 Å². The van der Waals surface area contributed by atoms with Crippen molar-refractivity contribution in [3.05, 3.63) is 59.7 Å². The van der Waals surface area contributed by atoms with Gasteiger partial charge in [0.05, 0.1) is 25.8 Å². The van der Waals surface area contributed by atoms with Gasteiger partial charge in [-0.3, -0.25) is 0 Å². The first-order valence-corrected chi connectivity index (χ1v) is 6.87. The largest absolute Gasteiger partial charge is 0.497 e. The lowest BCUT2D eigenvalue weighted by Gasteiger charge is -2.10. The fourth-order valence-electron chi connectivity index (χ4n) is 1.93. The van der Waals surface area contributed by atoms with Crippen molar-refractivity contribution < 1.29 is 9.47 Å². The second-order valence-corrected chi connectivity index (χ2v) is 4.45. The number of benzene rings is 2. The minimum Gasteiger partial charge on any atom is -0.497 e. The third kappa shape index (κ3) is 4.55. The van der Waals surface area contributed by atoms with Gasteiger partial charge in [-0.15, -0.1) is 0 Å². The molecule has 2 rings (SSSR count). The molecule has 0 aliphatic carbocycles. The van der Waals surface area contributed by atoms with E-state index in [-0.39, 0.29) is 0 Å². The van der Waals surface area contributed by atoms with E-state index in [1.54, 1.807) is 7.11 Å². The smallest absolute Gasteiger partial charge is 0.135 e. The van der Waals surface area contributed by atoms with Crippen LogP contribution in [0.2, 0.25) is 0 Å². The molecule has 2 aromatic rings. The fourth-order valence-corrected chi connectivity index (χ4v) is 1.93. The summed E-state index contributed by atoms with van der Waals surface area (Å²) >= 11 is 0. The van der Waals surface area contributed by atoms with Gasteiger partial charge in [-0.05, 0) is 23.8 Å². The molecule has 21 heavy (non-hydrogen) atoms. The number of methoxy groups -OCH3 is 1. The Bertz CT molecular complexity index is 627. The van der Waals surface area contributed by atoms with Crippen LogP contribution in [0.25, 0.3) is 0 Å². The molecule has 3 heteroatoms. The van der Waals surface area contributed by atoms with Gasteiger partial charge in [-0.25, -0.2) is 0 Å². The van der Waals surface area contributed by atoms with Crippen molar-refractivity contribution in [2.75, 3.05) is 20.3 Å². The van der Waals surface area contributed by atoms with Crippen LogP contribution in [0, 0.1) is 11.8 Å². The molecule has 0 aromatic heterocycles. The van der Waals surface area contributed by atoms with Crippen molar-refractivity contribution in [1.29, 1.82) is 0 Å². The molecule has 0 saturated heterocycles. The Balaban J connectivity index is 2.04. The average molecular weight is 281 g/mol. The molecule has 0 spiro atoms. The van der Waals surface area contributed by atoms with Crippen LogP contribution in [0.3, 0.4) is 0 Å². The molecule has 0 bridgehead atoms. The highest BCUT2D eigenvalue weighted by Gasteiger charge is 2.04. The normalized spacial score (nSPS) is 9.62. The summed E-state index contributed by atoms with van der Waals surface area (Å²) in [6, 6.07) is 15.9. The first kappa shape index (κ1) is 15.0. The molecule has 0 saturated carbocycles. The van der Waals surface area contributed by atoms with Crippen molar-refractivity contribution in [3.8, 4) is 23.3 Å². The predicted molar refractivity (Wildman–Crippen MR) is 84.6 cm³/mol. The lowest BCUT2D eigenvalue weighted by molar-refractivity contribution is 0.320. The molecule has 0 aliphatic heterocycles. The molecule has 0 aliphatic rings. The molecule has 0 heterocycles. The van der Waals surface area contributed by atoms with E-state index in [2.05, 4.69) is 24.0 Å². The van der Waals surface area contributed by atoms with Gasteiger partial charge in [0.15, 0.2) is 0 Å². The molecular weight excluding hydrogens is 262 g/mol. The molecule has 0 fully saturated rings. The molecule has 0 radical (unpaired) electrons. The Morgan fingerprint density at radius 2 is 1.90 bits per heavy atom. The van der Waals surface area contributed by atoms with Crippen LogP contribution in [0.5, 0.6) is 11.5 Å². The van der Waals surface area contributed by atoms with Crippen LogP contribution in [-0.4, -0.2) is 20.3 Å². The number of nitrogens with two attached hydrogens (primary N) is 1. The van der Waals surface area contributed by atoms with Gasteiger partial charge in [0.2, 0.25) is 0 Å². The third-order valence-electron chi connectivity index (χ3n) is 3.00. The lowest BCUT2D eigenvalue weighted by atomic mass is 10.1. The van der Waals surface area contributed by atoms with E-state index in [9.17, 15) is 0 Å². The van der Waals surface area contributed by atoms with E-state index >= 15 is 0 Å². The zero-order valence-electron chi connectivity index (χ0n) is 12.1. The van der Waals surface area contributed by atoms with Crippen LogP contribution in [0.15, 0.2) is 48.5 Å². The molecule has 0 unspecified atom stereocenters. The molecule has 108 valence electrons. The van der Waals surface area contributed by atoms with Gasteiger partial charge in [-0.1, -0.05) is 42.2 Å². The van der Waals surface area contributed by atoms with Gasteiger partial charge in [0.25, 0.3) is 0 Å². The second kappa shape index (κ2) is 7.98. The molecule has 0 atom stereocenters. The Morgan fingerprint density at radius 3 is 2.62 bits per heavy atom. The average Bonchev–Trinajstić information content (AvgIpc) is 2.54. The van der Waals surface area contributed by atoms with Crippen LogP contribution in [0.1, 0.15) is 11.1 Å². The van der Waals surface area contributed by atoms with Crippen LogP contribution in [0.4, 0.5) is 0 Å². The van der Waals surface area contributed by atoms with Crippen molar-refractivity contribution in [3.63, 3.8) is 0 Å². The molecule has 3 nitrogen and oxygen atoms in total. The van der Waals surface area contributed by atoms with Gasteiger partial charge in [0.1, 0.15) is 11.5 Å². The minimum absolute atomic E-state index is 0.320. The standard InChI is InChI=1S/C18H19NO2/c1-20-17-9-10-18(16(14-17)8-5-12-19)21-13-11-15-6-3-2-4-7-15/h2-4,6-7,9-10,14H,11-13,19H2,1H3. The summed E-state index contributed by atoms with van der Waals surface area (Å²) in [7, 11) is 1.63. The summed E-state index contributed by atoms with van der Waals surface area (Å²) in [5.74, 6) is 7.38. The fraction of sp³-hybridized carbons (Fsp3) is 0.222. The molecule has 2 N–H and O–H groups in total. The highest BCUT2D eigenvalue weighted by atomic mass is 16.5. The Labute approximate surface area is 125 Å². The first-order chi connectivity index (χ1) is 10.3. The van der Waals surface area contributed by atoms with Crippen LogP contribution >= 0.6 is 0 Å². The van der Waals surface area contributed by atoms with Gasteiger partial charge in [0, 0.05) is 6.42 Å². The SMILES string of the molecule is COc1ccc(OCCc2ccccc2)c(C#CCN)c1. The maximum Gasteiger partial charge on any atom is 0.135 e. The Hall–Kier alpha value is -2.44. The van der Waals surface area contributed by atoms with Crippen molar-refractivity contribution in [1.82, 2.24) is 0 Å². The summed E-state index contributed by atoms with van der Waals surface area (Å²) in [5.41, 5.74) is 7.48. The number of hydrogen-bond donors (Lipinski definition) is 1. The summed E-state index contributed by atoms with van der Waals surface area (Å²) < 4.78 is 11.0. The Morgan fingerprint density at radius 1 is 1.10 bits per heavy atom. The minimum atomic E-state index is 0.320. The van der Waals surface area contributed by atoms with E-state index in [1.165, 1.54) is 5.56 Å². The van der Waals surface area contributed by atoms with E-state index in [0.717, 1.165) is 23.5 Å². The van der Waals surface area contributed by atoms with E-state index < -0.39 is 0 Å². The molecule has 2 aromatic carbocycles. The van der Waals surface area contributed by atoms with Crippen molar-refractivity contribution >= 4 is 0 Å². The molecule has 0 amide bonds.